The van der Waals surface area contributed by atoms with Crippen LogP contribution in [0.3, 0.4) is 0 Å². The third-order valence-corrected chi connectivity index (χ3v) is 1.82. The lowest BCUT2D eigenvalue weighted by molar-refractivity contribution is 0.276. The first-order chi connectivity index (χ1) is 6.44. The Bertz CT molecular complexity index is 316. The Hall–Kier alpha value is -1.22. The van der Waals surface area contributed by atoms with Crippen molar-refractivity contribution in [1.29, 1.82) is 0 Å². The number of hydrogen-bond acceptors (Lipinski definition) is 3. The number of anilines is 1. The summed E-state index contributed by atoms with van der Waals surface area (Å²) in [5.41, 5.74) is 1.24. The Morgan fingerprint density at radius 1 is 1.29 bits per heavy atom. The zero-order valence-corrected chi connectivity index (χ0v) is 8.83. The van der Waals surface area contributed by atoms with E-state index in [4.69, 9.17) is 5.11 Å². The molecule has 0 unspecified atom stereocenters. The third kappa shape index (κ3) is 2.64. The maximum absolute atomic E-state index is 9.49. The molecule has 0 aliphatic carbocycles. The molecule has 0 saturated carbocycles. The number of aliphatic hydroxyl groups is 1. The van der Waals surface area contributed by atoms with E-state index in [9.17, 15) is 5.11 Å². The van der Waals surface area contributed by atoms with Crippen LogP contribution >= 0.6 is 0 Å². The highest BCUT2D eigenvalue weighted by Crippen LogP contribution is 2.27. The van der Waals surface area contributed by atoms with Crippen molar-refractivity contribution in [2.24, 2.45) is 0 Å². The van der Waals surface area contributed by atoms with Gasteiger partial charge in [-0.1, -0.05) is 6.07 Å². The summed E-state index contributed by atoms with van der Waals surface area (Å²) in [5, 5.41) is 21.8. The molecule has 1 aromatic rings. The summed E-state index contributed by atoms with van der Waals surface area (Å²) in [5.74, 6) is 0.127. The molecule has 78 valence electrons. The second-order valence-electron chi connectivity index (χ2n) is 4.34. The van der Waals surface area contributed by atoms with Gasteiger partial charge in [0.1, 0.15) is 5.75 Å². The van der Waals surface area contributed by atoms with E-state index in [2.05, 4.69) is 5.32 Å². The molecule has 0 amide bonds. The number of benzene rings is 1. The first-order valence-corrected chi connectivity index (χ1v) is 4.64. The van der Waals surface area contributed by atoms with Gasteiger partial charge < -0.3 is 15.5 Å². The number of aromatic hydroxyl groups is 1. The fourth-order valence-corrected chi connectivity index (χ4v) is 1.26. The molecule has 0 heterocycles. The summed E-state index contributed by atoms with van der Waals surface area (Å²) >= 11 is 0. The Balaban J connectivity index is 3.02. The number of rotatable bonds is 2. The van der Waals surface area contributed by atoms with Gasteiger partial charge in [-0.25, -0.2) is 0 Å². The van der Waals surface area contributed by atoms with Crippen LogP contribution in [0.4, 0.5) is 5.69 Å². The van der Waals surface area contributed by atoms with Crippen molar-refractivity contribution in [2.75, 3.05) is 5.32 Å². The van der Waals surface area contributed by atoms with Crippen molar-refractivity contribution in [1.82, 2.24) is 0 Å². The molecule has 0 aromatic heterocycles. The van der Waals surface area contributed by atoms with E-state index < -0.39 is 0 Å². The van der Waals surface area contributed by atoms with Gasteiger partial charge in [0.15, 0.2) is 0 Å². The lowest BCUT2D eigenvalue weighted by Crippen LogP contribution is -2.26. The molecule has 0 aliphatic heterocycles. The molecule has 0 fully saturated rings. The molecule has 14 heavy (non-hydrogen) atoms. The number of nitrogens with one attached hydrogen (secondary N) is 1. The SMILES string of the molecule is CC(C)(C)Nc1cccc(O)c1CO. The van der Waals surface area contributed by atoms with Gasteiger partial charge >= 0.3 is 0 Å². The largest absolute Gasteiger partial charge is 0.508 e. The van der Waals surface area contributed by atoms with Crippen molar-refractivity contribution < 1.29 is 10.2 Å². The first kappa shape index (κ1) is 10.9. The average molecular weight is 195 g/mol. The van der Waals surface area contributed by atoms with E-state index in [1.54, 1.807) is 12.1 Å². The lowest BCUT2D eigenvalue weighted by atomic mass is 10.1. The highest BCUT2D eigenvalue weighted by molar-refractivity contribution is 5.57. The zero-order chi connectivity index (χ0) is 10.8. The van der Waals surface area contributed by atoms with Crippen LogP contribution in [-0.2, 0) is 6.61 Å². The van der Waals surface area contributed by atoms with Gasteiger partial charge in [-0.2, -0.15) is 0 Å². The Morgan fingerprint density at radius 3 is 2.43 bits per heavy atom. The predicted octanol–water partition coefficient (Wildman–Crippen LogP) is 2.09. The van der Waals surface area contributed by atoms with Crippen LogP contribution in [0.5, 0.6) is 5.75 Å². The maximum Gasteiger partial charge on any atom is 0.123 e. The first-order valence-electron chi connectivity index (χ1n) is 4.64. The molecule has 0 aliphatic rings. The van der Waals surface area contributed by atoms with E-state index in [-0.39, 0.29) is 17.9 Å². The molecular formula is C11H17NO2. The van der Waals surface area contributed by atoms with E-state index >= 15 is 0 Å². The minimum Gasteiger partial charge on any atom is -0.508 e. The van der Waals surface area contributed by atoms with Crippen molar-refractivity contribution in [3.8, 4) is 5.75 Å². The number of phenols is 1. The second kappa shape index (κ2) is 3.88. The summed E-state index contributed by atoms with van der Waals surface area (Å²) in [6.07, 6.45) is 0. The van der Waals surface area contributed by atoms with E-state index in [0.29, 0.717) is 5.56 Å². The topological polar surface area (TPSA) is 52.5 Å². The number of hydrogen-bond donors (Lipinski definition) is 3. The fraction of sp³-hybridized carbons (Fsp3) is 0.455. The van der Waals surface area contributed by atoms with E-state index in [1.165, 1.54) is 0 Å². The summed E-state index contributed by atoms with van der Waals surface area (Å²) in [7, 11) is 0. The smallest absolute Gasteiger partial charge is 0.123 e. The van der Waals surface area contributed by atoms with Crippen molar-refractivity contribution >= 4 is 5.69 Å². The monoisotopic (exact) mass is 195 g/mol. The van der Waals surface area contributed by atoms with E-state index in [0.717, 1.165) is 5.69 Å². The molecule has 0 saturated heterocycles. The summed E-state index contributed by atoms with van der Waals surface area (Å²) < 4.78 is 0. The predicted molar refractivity (Wildman–Crippen MR) is 57.4 cm³/mol. The van der Waals surface area contributed by atoms with Crippen molar-refractivity contribution in [3.63, 3.8) is 0 Å². The van der Waals surface area contributed by atoms with Gasteiger partial charge in [-0.15, -0.1) is 0 Å². The summed E-state index contributed by atoms with van der Waals surface area (Å²) in [4.78, 5) is 0. The molecule has 1 rings (SSSR count). The highest BCUT2D eigenvalue weighted by Gasteiger charge is 2.13. The Labute approximate surface area is 84.4 Å². The van der Waals surface area contributed by atoms with E-state index in [1.807, 2.05) is 26.8 Å². The normalized spacial score (nSPS) is 11.4. The van der Waals surface area contributed by atoms with Gasteiger partial charge in [0.05, 0.1) is 6.61 Å². The van der Waals surface area contributed by atoms with Gasteiger partial charge in [-0.05, 0) is 32.9 Å². The molecular weight excluding hydrogens is 178 g/mol. The van der Waals surface area contributed by atoms with Crippen LogP contribution in [0.2, 0.25) is 0 Å². The minimum atomic E-state index is -0.162. The maximum atomic E-state index is 9.49. The molecule has 3 N–H and O–H groups in total. The van der Waals surface area contributed by atoms with Gasteiger partial charge in [0, 0.05) is 16.8 Å². The Kier molecular flexibility index (Phi) is 3.01. The van der Waals surface area contributed by atoms with Gasteiger partial charge in [0.25, 0.3) is 0 Å². The quantitative estimate of drug-likeness (QED) is 0.677. The molecule has 3 nitrogen and oxygen atoms in total. The molecule has 0 spiro atoms. The van der Waals surface area contributed by atoms with Crippen LogP contribution in [-0.4, -0.2) is 15.8 Å². The second-order valence-corrected chi connectivity index (χ2v) is 4.34. The molecule has 3 heteroatoms. The van der Waals surface area contributed by atoms with Crippen LogP contribution in [0.15, 0.2) is 18.2 Å². The van der Waals surface area contributed by atoms with Crippen molar-refractivity contribution in [2.45, 2.75) is 32.9 Å². The fourth-order valence-electron chi connectivity index (χ4n) is 1.26. The lowest BCUT2D eigenvalue weighted by Gasteiger charge is -2.24. The van der Waals surface area contributed by atoms with Gasteiger partial charge in [0.2, 0.25) is 0 Å². The standard InChI is InChI=1S/C11H17NO2/c1-11(2,3)12-9-5-4-6-10(14)8(9)7-13/h4-6,12-14H,7H2,1-3H3. The third-order valence-electron chi connectivity index (χ3n) is 1.82. The van der Waals surface area contributed by atoms with Crippen LogP contribution in [0.1, 0.15) is 26.3 Å². The van der Waals surface area contributed by atoms with Gasteiger partial charge in [-0.3, -0.25) is 0 Å². The van der Waals surface area contributed by atoms with Crippen LogP contribution in [0, 0.1) is 0 Å². The average Bonchev–Trinajstić information content (AvgIpc) is 2.01. The van der Waals surface area contributed by atoms with Crippen LogP contribution in [0.25, 0.3) is 0 Å². The minimum absolute atomic E-state index is 0.0856. The van der Waals surface area contributed by atoms with Crippen molar-refractivity contribution in [3.05, 3.63) is 23.8 Å². The highest BCUT2D eigenvalue weighted by atomic mass is 16.3. The summed E-state index contributed by atoms with van der Waals surface area (Å²) in [6, 6.07) is 5.17. The molecule has 1 aromatic carbocycles. The molecule has 0 atom stereocenters. The Morgan fingerprint density at radius 2 is 1.93 bits per heavy atom. The molecule has 0 radical (unpaired) electrons. The number of aliphatic hydroxyl groups excluding tert-OH is 1. The summed E-state index contributed by atoms with van der Waals surface area (Å²) in [6.45, 7) is 5.92. The zero-order valence-electron chi connectivity index (χ0n) is 8.83. The van der Waals surface area contributed by atoms with Crippen LogP contribution < -0.4 is 5.32 Å². The molecule has 0 bridgehead atoms.